The molecule has 3 rings (SSSR count). The van der Waals surface area contributed by atoms with E-state index in [-0.39, 0.29) is 6.10 Å². The van der Waals surface area contributed by atoms with Crippen LogP contribution in [0.25, 0.3) is 4.96 Å². The number of thiazole rings is 1. The van der Waals surface area contributed by atoms with Gasteiger partial charge in [0.15, 0.2) is 10.8 Å². The molecule has 0 bridgehead atoms. The van der Waals surface area contributed by atoms with E-state index in [0.717, 1.165) is 30.4 Å². The smallest absolute Gasteiger partial charge is 0.195 e. The molecule has 3 heterocycles. The summed E-state index contributed by atoms with van der Waals surface area (Å²) >= 11 is 1.68. The second kappa shape index (κ2) is 5.94. The van der Waals surface area contributed by atoms with Crippen molar-refractivity contribution in [3.63, 3.8) is 0 Å². The number of anilines is 1. The van der Waals surface area contributed by atoms with Gasteiger partial charge in [0, 0.05) is 37.8 Å². The Balaban J connectivity index is 1.92. The van der Waals surface area contributed by atoms with Crippen molar-refractivity contribution in [1.29, 1.82) is 0 Å². The fourth-order valence-electron chi connectivity index (χ4n) is 2.95. The topological polar surface area (TPSA) is 41.8 Å². The highest BCUT2D eigenvalue weighted by Crippen LogP contribution is 2.29. The minimum atomic E-state index is 0.264. The summed E-state index contributed by atoms with van der Waals surface area (Å²) in [6, 6.07) is 0.869. The van der Waals surface area contributed by atoms with E-state index in [2.05, 4.69) is 54.0 Å². The minimum absolute atomic E-state index is 0.264. The van der Waals surface area contributed by atoms with Gasteiger partial charge < -0.3 is 15.0 Å². The highest BCUT2D eigenvalue weighted by atomic mass is 32.1. The third-order valence-electron chi connectivity index (χ3n) is 4.19. The predicted octanol–water partition coefficient (Wildman–Crippen LogP) is 2.51. The molecule has 2 aromatic heterocycles. The molecule has 2 unspecified atom stereocenters. The zero-order valence-corrected chi connectivity index (χ0v) is 14.0. The van der Waals surface area contributed by atoms with Crippen molar-refractivity contribution in [2.75, 3.05) is 18.6 Å². The number of likely N-dealkylation sites (N-methyl/N-ethyl adjacent to an activating group) is 1. The average Bonchev–Trinajstić information content (AvgIpc) is 3.10. The number of aromatic nitrogens is 2. The van der Waals surface area contributed by atoms with Crippen LogP contribution in [0, 0.1) is 0 Å². The molecule has 2 aromatic rings. The molecule has 0 spiro atoms. The zero-order chi connectivity index (χ0) is 15.0. The lowest BCUT2D eigenvalue weighted by atomic mass is 10.1. The number of nitrogens with one attached hydrogen (secondary N) is 1. The Hall–Kier alpha value is -1.11. The molecule has 1 aliphatic heterocycles. The van der Waals surface area contributed by atoms with Crippen molar-refractivity contribution in [2.45, 2.75) is 51.9 Å². The van der Waals surface area contributed by atoms with E-state index in [1.54, 1.807) is 11.3 Å². The third-order valence-corrected chi connectivity index (χ3v) is 4.94. The Morgan fingerprint density at radius 1 is 1.57 bits per heavy atom. The van der Waals surface area contributed by atoms with Crippen LogP contribution >= 0.6 is 11.3 Å². The van der Waals surface area contributed by atoms with Gasteiger partial charge in [0.1, 0.15) is 0 Å². The van der Waals surface area contributed by atoms with Crippen molar-refractivity contribution in [3.8, 4) is 0 Å². The van der Waals surface area contributed by atoms with Crippen LogP contribution in [-0.4, -0.2) is 41.2 Å². The second-order valence-corrected chi connectivity index (χ2v) is 6.89. The standard InChI is InChI=1S/C15H24N4OS/c1-10(2)16-9-13-14(17-15-19(13)6-8-21-15)18(4)12-5-7-20-11(12)3/h6,8,10-12,16H,5,7,9H2,1-4H3. The monoisotopic (exact) mass is 308 g/mol. The Morgan fingerprint density at radius 3 is 3.05 bits per heavy atom. The molecule has 1 saturated heterocycles. The lowest BCUT2D eigenvalue weighted by molar-refractivity contribution is 0.118. The van der Waals surface area contributed by atoms with Crippen LogP contribution in [-0.2, 0) is 11.3 Å². The van der Waals surface area contributed by atoms with Crippen LogP contribution in [0.3, 0.4) is 0 Å². The Bertz CT molecular complexity index is 606. The van der Waals surface area contributed by atoms with Crippen molar-refractivity contribution in [1.82, 2.24) is 14.7 Å². The maximum Gasteiger partial charge on any atom is 0.195 e. The summed E-state index contributed by atoms with van der Waals surface area (Å²) in [5.74, 6) is 1.08. The molecule has 1 aliphatic rings. The number of fused-ring (bicyclic) bond motifs is 1. The lowest BCUT2D eigenvalue weighted by Gasteiger charge is -2.28. The molecule has 0 aromatic carbocycles. The molecule has 0 radical (unpaired) electrons. The molecule has 2 atom stereocenters. The fraction of sp³-hybridized carbons (Fsp3) is 0.667. The van der Waals surface area contributed by atoms with Crippen LogP contribution in [0.4, 0.5) is 5.82 Å². The SMILES string of the molecule is CC(C)NCc1c(N(C)C2CCOC2C)nc2sccn12. The Morgan fingerprint density at radius 2 is 2.38 bits per heavy atom. The third kappa shape index (κ3) is 2.80. The van der Waals surface area contributed by atoms with Gasteiger partial charge in [-0.3, -0.25) is 4.40 Å². The number of imidazole rings is 1. The summed E-state index contributed by atoms with van der Waals surface area (Å²) in [5, 5.41) is 5.60. The van der Waals surface area contributed by atoms with Gasteiger partial charge in [-0.25, -0.2) is 4.98 Å². The van der Waals surface area contributed by atoms with E-state index in [4.69, 9.17) is 9.72 Å². The summed E-state index contributed by atoms with van der Waals surface area (Å²) in [6.07, 6.45) is 3.44. The summed E-state index contributed by atoms with van der Waals surface area (Å²) in [6.45, 7) is 8.16. The van der Waals surface area contributed by atoms with E-state index in [1.807, 2.05) is 0 Å². The maximum atomic E-state index is 5.71. The molecule has 0 saturated carbocycles. The number of rotatable bonds is 5. The first-order valence-electron chi connectivity index (χ1n) is 7.60. The lowest BCUT2D eigenvalue weighted by Crippen LogP contribution is -2.38. The molecular formula is C15H24N4OS. The minimum Gasteiger partial charge on any atom is -0.376 e. The number of nitrogens with zero attached hydrogens (tertiary/aromatic N) is 3. The number of ether oxygens (including phenoxy) is 1. The molecule has 6 heteroatoms. The first-order valence-corrected chi connectivity index (χ1v) is 8.48. The largest absolute Gasteiger partial charge is 0.376 e. The first-order chi connectivity index (χ1) is 10.1. The van der Waals surface area contributed by atoms with Crippen molar-refractivity contribution < 1.29 is 4.74 Å². The molecular weight excluding hydrogens is 284 g/mol. The molecule has 0 amide bonds. The Kier molecular flexibility index (Phi) is 4.19. The van der Waals surface area contributed by atoms with Crippen molar-refractivity contribution >= 4 is 22.1 Å². The zero-order valence-electron chi connectivity index (χ0n) is 13.2. The molecule has 1 N–H and O–H groups in total. The van der Waals surface area contributed by atoms with Gasteiger partial charge in [-0.2, -0.15) is 0 Å². The van der Waals surface area contributed by atoms with E-state index in [1.165, 1.54) is 5.69 Å². The van der Waals surface area contributed by atoms with Gasteiger partial charge in [0.2, 0.25) is 0 Å². The van der Waals surface area contributed by atoms with Crippen molar-refractivity contribution in [3.05, 3.63) is 17.3 Å². The van der Waals surface area contributed by atoms with Crippen LogP contribution in [0.5, 0.6) is 0 Å². The highest BCUT2D eigenvalue weighted by Gasteiger charge is 2.31. The molecule has 116 valence electrons. The van der Waals surface area contributed by atoms with Gasteiger partial charge in [-0.1, -0.05) is 13.8 Å². The van der Waals surface area contributed by atoms with Gasteiger partial charge in [-0.05, 0) is 13.3 Å². The van der Waals surface area contributed by atoms with Crippen LogP contribution in [0.1, 0.15) is 32.9 Å². The molecule has 0 aliphatic carbocycles. The summed E-state index contributed by atoms with van der Waals surface area (Å²) < 4.78 is 7.91. The van der Waals surface area contributed by atoms with Gasteiger partial charge in [0.05, 0.1) is 17.8 Å². The van der Waals surface area contributed by atoms with Gasteiger partial charge in [0.25, 0.3) is 0 Å². The molecule has 21 heavy (non-hydrogen) atoms. The van der Waals surface area contributed by atoms with Crippen LogP contribution in [0.15, 0.2) is 11.6 Å². The van der Waals surface area contributed by atoms with E-state index < -0.39 is 0 Å². The number of hydrogen-bond donors (Lipinski definition) is 1. The van der Waals surface area contributed by atoms with Gasteiger partial charge >= 0.3 is 0 Å². The van der Waals surface area contributed by atoms with Crippen LogP contribution < -0.4 is 10.2 Å². The summed E-state index contributed by atoms with van der Waals surface area (Å²) in [4.78, 5) is 8.20. The highest BCUT2D eigenvalue weighted by molar-refractivity contribution is 7.15. The second-order valence-electron chi connectivity index (χ2n) is 6.02. The van der Waals surface area contributed by atoms with Gasteiger partial charge in [-0.15, -0.1) is 11.3 Å². The normalized spacial score (nSPS) is 22.5. The molecule has 5 nitrogen and oxygen atoms in total. The Labute approximate surface area is 129 Å². The van der Waals surface area contributed by atoms with E-state index in [9.17, 15) is 0 Å². The fourth-order valence-corrected chi connectivity index (χ4v) is 3.68. The van der Waals surface area contributed by atoms with Crippen LogP contribution in [0.2, 0.25) is 0 Å². The van der Waals surface area contributed by atoms with E-state index in [0.29, 0.717) is 12.1 Å². The number of hydrogen-bond acceptors (Lipinski definition) is 5. The van der Waals surface area contributed by atoms with Crippen molar-refractivity contribution in [2.24, 2.45) is 0 Å². The quantitative estimate of drug-likeness (QED) is 0.921. The summed E-state index contributed by atoms with van der Waals surface area (Å²) in [5.41, 5.74) is 1.24. The predicted molar refractivity (Wildman–Crippen MR) is 87.3 cm³/mol. The van der Waals surface area contributed by atoms with E-state index >= 15 is 0 Å². The average molecular weight is 308 g/mol. The summed E-state index contributed by atoms with van der Waals surface area (Å²) in [7, 11) is 2.14. The maximum absolute atomic E-state index is 5.71. The molecule has 1 fully saturated rings. The first kappa shape index (κ1) is 14.8.